The number of amides is 1. The molecule has 12 heteroatoms. The topological polar surface area (TPSA) is 111 Å². The summed E-state index contributed by atoms with van der Waals surface area (Å²) in [5, 5.41) is 0.498. The van der Waals surface area contributed by atoms with Gasteiger partial charge in [0, 0.05) is 45.3 Å². The zero-order valence-corrected chi connectivity index (χ0v) is 24.3. The van der Waals surface area contributed by atoms with Crippen LogP contribution in [0.25, 0.3) is 10.2 Å². The molecule has 0 N–H and O–H groups in total. The second-order valence-corrected chi connectivity index (χ2v) is 11.6. The number of thiazole rings is 1. The predicted molar refractivity (Wildman–Crippen MR) is 154 cm³/mol. The van der Waals surface area contributed by atoms with E-state index in [-0.39, 0.29) is 43.7 Å². The maximum atomic E-state index is 13.9. The fourth-order valence-electron chi connectivity index (χ4n) is 4.01. The van der Waals surface area contributed by atoms with Crippen LogP contribution in [-0.4, -0.2) is 75.7 Å². The number of carbonyl (C=O) groups excluding carboxylic acids is 1. The van der Waals surface area contributed by atoms with Crippen LogP contribution in [0.2, 0.25) is 0 Å². The monoisotopic (exact) mass is 584 g/mol. The number of para-hydroxylation sites is 1. The van der Waals surface area contributed by atoms with Crippen molar-refractivity contribution in [3.8, 4) is 5.75 Å². The van der Waals surface area contributed by atoms with E-state index in [1.54, 1.807) is 17.3 Å². The minimum atomic E-state index is -3.82. The molecule has 0 unspecified atom stereocenters. The van der Waals surface area contributed by atoms with Gasteiger partial charge in [-0.05, 0) is 55.0 Å². The SMILES string of the molecule is CCOc1cccc2sc(N(Cc3cccnc3)C(=O)c3ccc(S(=O)(=O)N(CCOC)CCOC)cc3)nc12. The minimum absolute atomic E-state index is 0.0800. The lowest BCUT2D eigenvalue weighted by Gasteiger charge is -2.22. The average Bonchev–Trinajstić information content (AvgIpc) is 3.41. The summed E-state index contributed by atoms with van der Waals surface area (Å²) in [6, 6.07) is 15.3. The van der Waals surface area contributed by atoms with Crippen LogP contribution in [0.4, 0.5) is 5.13 Å². The van der Waals surface area contributed by atoms with Gasteiger partial charge in [0.1, 0.15) is 11.3 Å². The summed E-state index contributed by atoms with van der Waals surface area (Å²) in [4.78, 5) is 24.5. The molecule has 0 radical (unpaired) electrons. The lowest BCUT2D eigenvalue weighted by atomic mass is 10.2. The van der Waals surface area contributed by atoms with Gasteiger partial charge in [0.05, 0.1) is 36.0 Å². The Balaban J connectivity index is 1.67. The Morgan fingerprint density at radius 1 is 0.975 bits per heavy atom. The number of hydrogen-bond acceptors (Lipinski definition) is 9. The van der Waals surface area contributed by atoms with Crippen molar-refractivity contribution in [3.63, 3.8) is 0 Å². The van der Waals surface area contributed by atoms with Gasteiger partial charge in [-0.25, -0.2) is 13.4 Å². The number of rotatable bonds is 14. The molecule has 0 spiro atoms. The third-order valence-corrected chi connectivity index (χ3v) is 9.00. The number of nitrogens with zero attached hydrogens (tertiary/aromatic N) is 4. The summed E-state index contributed by atoms with van der Waals surface area (Å²) >= 11 is 1.38. The van der Waals surface area contributed by atoms with E-state index in [9.17, 15) is 13.2 Å². The smallest absolute Gasteiger partial charge is 0.260 e. The van der Waals surface area contributed by atoms with Gasteiger partial charge in [0.25, 0.3) is 5.91 Å². The maximum absolute atomic E-state index is 13.9. The fraction of sp³-hybridized carbons (Fsp3) is 0.321. The first-order chi connectivity index (χ1) is 19.4. The first kappa shape index (κ1) is 29.6. The van der Waals surface area contributed by atoms with Crippen molar-refractivity contribution in [2.45, 2.75) is 18.4 Å². The molecule has 10 nitrogen and oxygen atoms in total. The molecule has 1 amide bonds. The van der Waals surface area contributed by atoms with Crippen molar-refractivity contribution in [2.24, 2.45) is 0 Å². The Hall–Kier alpha value is -3.42. The van der Waals surface area contributed by atoms with Crippen LogP contribution in [0.1, 0.15) is 22.8 Å². The van der Waals surface area contributed by atoms with Gasteiger partial charge in [-0.2, -0.15) is 4.31 Å². The highest BCUT2D eigenvalue weighted by atomic mass is 32.2. The average molecular weight is 585 g/mol. The van der Waals surface area contributed by atoms with Crippen LogP contribution in [0.15, 0.2) is 71.9 Å². The lowest BCUT2D eigenvalue weighted by molar-refractivity contribution is 0.0985. The van der Waals surface area contributed by atoms with Crippen molar-refractivity contribution in [2.75, 3.05) is 52.0 Å². The van der Waals surface area contributed by atoms with Crippen LogP contribution in [0.3, 0.4) is 0 Å². The van der Waals surface area contributed by atoms with Crippen molar-refractivity contribution in [1.82, 2.24) is 14.3 Å². The Labute approximate surface area is 238 Å². The zero-order valence-electron chi connectivity index (χ0n) is 22.6. The number of anilines is 1. The van der Waals surface area contributed by atoms with Crippen molar-refractivity contribution >= 4 is 42.6 Å². The van der Waals surface area contributed by atoms with Crippen molar-refractivity contribution < 1.29 is 27.4 Å². The Morgan fingerprint density at radius 3 is 2.33 bits per heavy atom. The molecule has 0 aliphatic heterocycles. The molecule has 212 valence electrons. The van der Waals surface area contributed by atoms with Gasteiger partial charge in [-0.15, -0.1) is 0 Å². The molecule has 0 atom stereocenters. The number of ether oxygens (including phenoxy) is 3. The number of carbonyl (C=O) groups is 1. The Kier molecular flexibility index (Phi) is 10.2. The van der Waals surface area contributed by atoms with Crippen LogP contribution in [-0.2, 0) is 26.0 Å². The number of sulfonamides is 1. The quantitative estimate of drug-likeness (QED) is 0.217. The van der Waals surface area contributed by atoms with Gasteiger partial charge >= 0.3 is 0 Å². The van der Waals surface area contributed by atoms with Gasteiger partial charge in [-0.1, -0.05) is 23.5 Å². The highest BCUT2D eigenvalue weighted by molar-refractivity contribution is 7.89. The first-order valence-corrected chi connectivity index (χ1v) is 15.0. The molecule has 0 saturated carbocycles. The molecule has 0 bridgehead atoms. The lowest BCUT2D eigenvalue weighted by Crippen LogP contribution is -2.36. The number of hydrogen-bond donors (Lipinski definition) is 0. The van der Waals surface area contributed by atoms with E-state index >= 15 is 0 Å². The van der Waals surface area contributed by atoms with Crippen molar-refractivity contribution in [1.29, 1.82) is 0 Å². The highest BCUT2D eigenvalue weighted by Gasteiger charge is 2.26. The number of benzene rings is 2. The summed E-state index contributed by atoms with van der Waals surface area (Å²) < 4.78 is 44.7. The molecular formula is C28H32N4O6S2. The normalized spacial score (nSPS) is 11.7. The maximum Gasteiger partial charge on any atom is 0.260 e. The molecule has 0 aliphatic carbocycles. The standard InChI is InChI=1S/C28H32N4O6S2/c1-4-38-24-8-5-9-25-26(24)30-28(39-25)32(20-21-7-6-14-29-19-21)27(33)22-10-12-23(13-11-22)40(34,35)31(15-17-36-2)16-18-37-3/h5-14,19H,4,15-18,20H2,1-3H3. The molecule has 2 aromatic carbocycles. The van der Waals surface area contributed by atoms with E-state index in [1.165, 1.54) is 54.1 Å². The second kappa shape index (κ2) is 13.8. The van der Waals surface area contributed by atoms with E-state index in [0.717, 1.165) is 10.3 Å². The number of aromatic nitrogens is 2. The summed E-state index contributed by atoms with van der Waals surface area (Å²) in [7, 11) is -0.789. The third-order valence-electron chi connectivity index (χ3n) is 6.04. The highest BCUT2D eigenvalue weighted by Crippen LogP contribution is 2.35. The van der Waals surface area contributed by atoms with Gasteiger partial charge < -0.3 is 14.2 Å². The zero-order chi connectivity index (χ0) is 28.5. The minimum Gasteiger partial charge on any atom is -0.492 e. The molecule has 4 rings (SSSR count). The molecule has 0 fully saturated rings. The fourth-order valence-corrected chi connectivity index (χ4v) is 6.40. The molecule has 0 aliphatic rings. The predicted octanol–water partition coefficient (Wildman–Crippen LogP) is 4.22. The Bertz CT molecular complexity index is 1500. The largest absolute Gasteiger partial charge is 0.492 e. The number of methoxy groups -OCH3 is 2. The first-order valence-electron chi connectivity index (χ1n) is 12.7. The van der Waals surface area contributed by atoms with E-state index < -0.39 is 10.0 Å². The van der Waals surface area contributed by atoms with E-state index in [1.807, 2.05) is 37.3 Å². The van der Waals surface area contributed by atoms with Crippen LogP contribution >= 0.6 is 11.3 Å². The Morgan fingerprint density at radius 2 is 1.70 bits per heavy atom. The van der Waals surface area contributed by atoms with E-state index in [4.69, 9.17) is 19.2 Å². The van der Waals surface area contributed by atoms with Gasteiger partial charge in [-0.3, -0.25) is 14.7 Å². The summed E-state index contributed by atoms with van der Waals surface area (Å²) in [6.45, 7) is 3.49. The molecule has 2 heterocycles. The molecule has 0 saturated heterocycles. The molecule has 40 heavy (non-hydrogen) atoms. The molecular weight excluding hydrogens is 552 g/mol. The molecule has 2 aromatic heterocycles. The number of fused-ring (bicyclic) bond motifs is 1. The summed E-state index contributed by atoms with van der Waals surface area (Å²) in [5.74, 6) is 0.331. The van der Waals surface area contributed by atoms with Crippen LogP contribution in [0, 0.1) is 0 Å². The van der Waals surface area contributed by atoms with Gasteiger partial charge in [0.15, 0.2) is 5.13 Å². The third kappa shape index (κ3) is 6.83. The van der Waals surface area contributed by atoms with Crippen LogP contribution in [0.5, 0.6) is 5.75 Å². The number of pyridine rings is 1. The van der Waals surface area contributed by atoms with Crippen LogP contribution < -0.4 is 9.64 Å². The van der Waals surface area contributed by atoms with Gasteiger partial charge in [0.2, 0.25) is 10.0 Å². The van der Waals surface area contributed by atoms with E-state index in [2.05, 4.69) is 4.98 Å². The van der Waals surface area contributed by atoms with Crippen molar-refractivity contribution in [3.05, 3.63) is 78.1 Å². The summed E-state index contributed by atoms with van der Waals surface area (Å²) in [5.41, 5.74) is 1.83. The second-order valence-electron chi connectivity index (χ2n) is 8.70. The summed E-state index contributed by atoms with van der Waals surface area (Å²) in [6.07, 6.45) is 3.37. The molecule has 4 aromatic rings. The van der Waals surface area contributed by atoms with E-state index in [0.29, 0.717) is 28.6 Å².